The first-order valence-electron chi connectivity index (χ1n) is 19.1. The zero-order chi connectivity index (χ0) is 43.2. The van der Waals surface area contributed by atoms with Gasteiger partial charge >= 0.3 is 18.3 Å². The molecule has 6 aromatic rings. The lowest BCUT2D eigenvalue weighted by atomic mass is 10.1. The highest BCUT2D eigenvalue weighted by atomic mass is 19.1. The van der Waals surface area contributed by atoms with Crippen LogP contribution in [-0.4, -0.2) is 70.3 Å². The van der Waals surface area contributed by atoms with Gasteiger partial charge in [-0.1, -0.05) is 13.8 Å². The first kappa shape index (κ1) is 42.1. The molecule has 0 bridgehead atoms. The fourth-order valence-electron chi connectivity index (χ4n) is 6.24. The molecule has 0 saturated carbocycles. The third-order valence-electron chi connectivity index (χ3n) is 8.49. The maximum atomic E-state index is 14.2. The molecule has 0 aliphatic carbocycles. The van der Waals surface area contributed by atoms with Crippen molar-refractivity contribution in [3.05, 3.63) is 79.1 Å². The largest absolute Gasteiger partial charge is 0.443 e. The molecule has 2 amide bonds. The number of anilines is 1. The minimum Gasteiger partial charge on any atom is -0.443 e. The molecule has 6 rings (SSSR count). The van der Waals surface area contributed by atoms with Gasteiger partial charge in [0, 0.05) is 40.7 Å². The van der Waals surface area contributed by atoms with Gasteiger partial charge in [-0.3, -0.25) is 19.7 Å². The van der Waals surface area contributed by atoms with E-state index in [4.69, 9.17) is 19.3 Å². The number of hydrogen-bond donors (Lipinski definition) is 0. The first-order chi connectivity index (χ1) is 27.5. The molecule has 308 valence electrons. The Kier molecular flexibility index (Phi) is 11.2. The van der Waals surface area contributed by atoms with Crippen molar-refractivity contribution in [1.82, 2.24) is 29.3 Å². The minimum absolute atomic E-state index is 0.0496. The first-order valence-corrected chi connectivity index (χ1v) is 19.1. The molecule has 0 saturated heterocycles. The van der Waals surface area contributed by atoms with E-state index in [1.165, 1.54) is 41.5 Å². The second-order valence-electron chi connectivity index (χ2n) is 17.5. The fraction of sp³-hybridized carbons (Fsp3) is 0.364. The summed E-state index contributed by atoms with van der Waals surface area (Å²) in [5, 5.41) is 5.67. The van der Waals surface area contributed by atoms with E-state index >= 15 is 0 Å². The monoisotopic (exact) mass is 805 g/mol. The van der Waals surface area contributed by atoms with E-state index in [0.29, 0.717) is 38.8 Å². The van der Waals surface area contributed by atoms with Gasteiger partial charge in [-0.15, -0.1) is 0 Å². The third kappa shape index (κ3) is 9.46. The van der Waals surface area contributed by atoms with Gasteiger partial charge in [0.25, 0.3) is 0 Å². The topological polar surface area (TPSA) is 161 Å². The van der Waals surface area contributed by atoms with E-state index in [1.54, 1.807) is 98.7 Å². The van der Waals surface area contributed by atoms with Crippen molar-refractivity contribution >= 4 is 51.7 Å². The van der Waals surface area contributed by atoms with E-state index in [1.807, 2.05) is 13.8 Å². The average molecular weight is 806 g/mol. The van der Waals surface area contributed by atoms with Crippen molar-refractivity contribution in [2.45, 2.75) is 99.4 Å². The number of rotatable bonds is 6. The van der Waals surface area contributed by atoms with Crippen LogP contribution in [-0.2, 0) is 19.0 Å². The predicted octanol–water partition coefficient (Wildman–Crippen LogP) is 10.2. The molecule has 15 heteroatoms. The summed E-state index contributed by atoms with van der Waals surface area (Å²) >= 11 is 0. The number of pyridine rings is 3. The Morgan fingerprint density at radius 2 is 1.34 bits per heavy atom. The van der Waals surface area contributed by atoms with Crippen molar-refractivity contribution in [1.29, 1.82) is 0 Å². The van der Waals surface area contributed by atoms with Crippen LogP contribution in [0, 0.1) is 11.7 Å². The van der Waals surface area contributed by atoms with Gasteiger partial charge in [-0.2, -0.15) is 9.78 Å². The van der Waals surface area contributed by atoms with Crippen LogP contribution in [0.4, 0.5) is 24.5 Å². The fourth-order valence-corrected chi connectivity index (χ4v) is 6.24. The SMILES string of the molecule is CC(C)CC(=O)N(C(=O)OC(C)(C)C)c1cncc(-c2cc3c(-c4cc5c(-c6ccc(F)cc6)nccc5n4C(=O)OC(C)(C)C)nn(C(=O)OC(C)(C)C)c3cn2)c1. The lowest BCUT2D eigenvalue weighted by Crippen LogP contribution is -2.41. The van der Waals surface area contributed by atoms with E-state index in [0.717, 1.165) is 9.58 Å². The normalized spacial score (nSPS) is 12.2. The van der Waals surface area contributed by atoms with Crippen molar-refractivity contribution in [2.24, 2.45) is 5.92 Å². The van der Waals surface area contributed by atoms with Crippen LogP contribution in [0.25, 0.3) is 55.7 Å². The van der Waals surface area contributed by atoms with Gasteiger partial charge in [0.1, 0.15) is 28.3 Å². The van der Waals surface area contributed by atoms with Gasteiger partial charge in [0.15, 0.2) is 0 Å². The molecule has 0 unspecified atom stereocenters. The maximum absolute atomic E-state index is 14.2. The Morgan fingerprint density at radius 3 is 1.97 bits per heavy atom. The highest BCUT2D eigenvalue weighted by Gasteiger charge is 2.32. The van der Waals surface area contributed by atoms with Crippen molar-refractivity contribution in [3.63, 3.8) is 0 Å². The molecule has 59 heavy (non-hydrogen) atoms. The van der Waals surface area contributed by atoms with Crippen molar-refractivity contribution in [3.8, 4) is 33.9 Å². The lowest BCUT2D eigenvalue weighted by Gasteiger charge is -2.26. The second kappa shape index (κ2) is 15.7. The number of fused-ring (bicyclic) bond motifs is 2. The smallest absolute Gasteiger partial charge is 0.435 e. The Labute approximate surface area is 341 Å². The van der Waals surface area contributed by atoms with Crippen LogP contribution >= 0.6 is 0 Å². The third-order valence-corrected chi connectivity index (χ3v) is 8.49. The summed E-state index contributed by atoms with van der Waals surface area (Å²) in [6.45, 7) is 19.3. The minimum atomic E-state index is -0.894. The molecule has 0 aliphatic heterocycles. The Morgan fingerprint density at radius 1 is 0.712 bits per heavy atom. The summed E-state index contributed by atoms with van der Waals surface area (Å²) in [6.07, 6.45) is 3.60. The van der Waals surface area contributed by atoms with E-state index in [9.17, 15) is 23.6 Å². The standard InChI is InChI=1S/C44H48FN7O7/c1-25(2)18-36(53)50(39(54)57-42(3,4)5)29-19-27(22-46-23-29)32-20-30-35(24-48-32)52(41(56)59-44(9,10)11)49-38(30)34-21-31-33(51(34)40(55)58-43(6,7)8)16-17-47-37(31)26-12-14-28(45)15-13-26/h12-17,19-25H,18H2,1-11H3. The van der Waals surface area contributed by atoms with Crippen LogP contribution in [0.3, 0.4) is 0 Å². The average Bonchev–Trinajstić information content (AvgIpc) is 3.68. The number of hydrogen-bond acceptors (Lipinski definition) is 11. The molecule has 0 spiro atoms. The zero-order valence-electron chi connectivity index (χ0n) is 35.1. The number of imide groups is 1. The molecule has 5 aromatic heterocycles. The van der Waals surface area contributed by atoms with Gasteiger partial charge in [-0.05, 0) is 117 Å². The summed E-state index contributed by atoms with van der Waals surface area (Å²) < 4.78 is 33.7. The van der Waals surface area contributed by atoms with Crippen molar-refractivity contribution in [2.75, 3.05) is 4.90 Å². The Bertz CT molecular complexity index is 2590. The van der Waals surface area contributed by atoms with E-state index < -0.39 is 46.8 Å². The molecule has 1 aromatic carbocycles. The summed E-state index contributed by atoms with van der Waals surface area (Å²) in [6, 6.07) is 12.5. The molecule has 5 heterocycles. The lowest BCUT2D eigenvalue weighted by molar-refractivity contribution is -0.119. The number of carbonyl (C=O) groups is 4. The van der Waals surface area contributed by atoms with Crippen LogP contribution in [0.5, 0.6) is 0 Å². The number of carbonyl (C=O) groups excluding carboxylic acids is 4. The molecular weight excluding hydrogens is 758 g/mol. The predicted molar refractivity (Wildman–Crippen MR) is 221 cm³/mol. The molecule has 14 nitrogen and oxygen atoms in total. The number of amides is 2. The van der Waals surface area contributed by atoms with Gasteiger partial charge in [0.2, 0.25) is 5.91 Å². The maximum Gasteiger partial charge on any atom is 0.435 e. The van der Waals surface area contributed by atoms with Crippen LogP contribution in [0.1, 0.15) is 82.6 Å². The summed E-state index contributed by atoms with van der Waals surface area (Å²) in [5.74, 6) is -0.939. The van der Waals surface area contributed by atoms with Gasteiger partial charge in [0.05, 0.1) is 46.2 Å². The molecular formula is C44H48FN7O7. The molecule has 0 aliphatic rings. The summed E-state index contributed by atoms with van der Waals surface area (Å²) in [5.41, 5.74) is 0.433. The molecule has 0 atom stereocenters. The zero-order valence-corrected chi connectivity index (χ0v) is 35.1. The Balaban J connectivity index is 1.60. The number of nitrogens with zero attached hydrogens (tertiary/aromatic N) is 7. The highest BCUT2D eigenvalue weighted by molar-refractivity contribution is 6.12. The van der Waals surface area contributed by atoms with Crippen LogP contribution in [0.15, 0.2) is 73.3 Å². The number of halogens is 1. The van der Waals surface area contributed by atoms with Gasteiger partial charge < -0.3 is 14.2 Å². The van der Waals surface area contributed by atoms with E-state index in [2.05, 4.69) is 15.0 Å². The summed E-state index contributed by atoms with van der Waals surface area (Å²) in [7, 11) is 0. The highest BCUT2D eigenvalue weighted by Crippen LogP contribution is 2.38. The van der Waals surface area contributed by atoms with Crippen LogP contribution in [0.2, 0.25) is 0 Å². The van der Waals surface area contributed by atoms with Gasteiger partial charge in [-0.25, -0.2) is 28.2 Å². The second-order valence-corrected chi connectivity index (χ2v) is 17.5. The molecule has 0 fully saturated rings. The number of aromatic nitrogens is 6. The van der Waals surface area contributed by atoms with Crippen molar-refractivity contribution < 1.29 is 37.8 Å². The molecule has 0 radical (unpaired) electrons. The number of benzene rings is 1. The van der Waals surface area contributed by atoms with Crippen LogP contribution < -0.4 is 4.90 Å². The van der Waals surface area contributed by atoms with E-state index in [-0.39, 0.29) is 34.9 Å². The molecule has 0 N–H and O–H groups in total. The summed E-state index contributed by atoms with van der Waals surface area (Å²) in [4.78, 5) is 69.5. The quantitative estimate of drug-likeness (QED) is 0.147. The Hall–Kier alpha value is -6.51. The number of ether oxygens (including phenoxy) is 3.